The van der Waals surface area contributed by atoms with Gasteiger partial charge in [0, 0.05) is 0 Å². The van der Waals surface area contributed by atoms with Crippen LogP contribution in [0.1, 0.15) is 6.42 Å². The molecule has 0 fully saturated rings. The largest absolute Gasteiger partial charge is 0.0736 e. The molecule has 0 atom stereocenters. The fourth-order valence-electron chi connectivity index (χ4n) is 2.71. The molecule has 1 aromatic carbocycles. The molecule has 0 radical (unpaired) electrons. The van der Waals surface area contributed by atoms with Gasteiger partial charge < -0.3 is 0 Å². The fourth-order valence-corrected chi connectivity index (χ4v) is 6.36. The monoisotopic (exact) mass is 260 g/mol. The van der Waals surface area contributed by atoms with Crippen LogP contribution in [-0.2, 0) is 0 Å². The molecule has 17 heavy (non-hydrogen) atoms. The van der Waals surface area contributed by atoms with Crippen molar-refractivity contribution in [3.05, 3.63) is 34.7 Å². The topological polar surface area (TPSA) is 0 Å². The van der Waals surface area contributed by atoms with E-state index in [2.05, 4.69) is 63.5 Å². The second-order valence-corrected chi connectivity index (χ2v) is 17.4. The van der Waals surface area contributed by atoms with E-state index in [9.17, 15) is 0 Å². The molecule has 0 N–H and O–H groups in total. The maximum absolute atomic E-state index is 2.48. The lowest BCUT2D eigenvalue weighted by molar-refractivity contribution is 1.50. The molecule has 2 heteroatoms. The standard InChI is InChI=1S/C15H24Si2/c1-16(2,3)14-11-15(17(4,5)6)13-10-8-7-9-12(13)14/h7-10H,11H2,1-6H3. The van der Waals surface area contributed by atoms with Crippen LogP contribution in [0.4, 0.5) is 0 Å². The van der Waals surface area contributed by atoms with Gasteiger partial charge in [-0.05, 0) is 16.9 Å². The van der Waals surface area contributed by atoms with Crippen LogP contribution in [0, 0.1) is 0 Å². The zero-order valence-corrected chi connectivity index (χ0v) is 14.0. The van der Waals surface area contributed by atoms with Crippen LogP contribution in [-0.4, -0.2) is 16.1 Å². The average Bonchev–Trinajstić information content (AvgIpc) is 2.55. The third-order valence-corrected chi connectivity index (χ3v) is 8.26. The Morgan fingerprint density at radius 1 is 0.706 bits per heavy atom. The molecule has 0 saturated heterocycles. The third kappa shape index (κ3) is 2.33. The highest BCUT2D eigenvalue weighted by atomic mass is 28.3. The van der Waals surface area contributed by atoms with Crippen molar-refractivity contribution in [1.29, 1.82) is 0 Å². The van der Waals surface area contributed by atoms with Gasteiger partial charge in [0.2, 0.25) is 0 Å². The van der Waals surface area contributed by atoms with Gasteiger partial charge in [-0.1, -0.05) is 73.9 Å². The Labute approximate surface area is 107 Å². The highest BCUT2D eigenvalue weighted by Gasteiger charge is 2.30. The summed E-state index contributed by atoms with van der Waals surface area (Å²) in [5.41, 5.74) is 0. The van der Waals surface area contributed by atoms with Crippen molar-refractivity contribution in [2.75, 3.05) is 0 Å². The van der Waals surface area contributed by atoms with Crippen molar-refractivity contribution in [1.82, 2.24) is 0 Å². The molecule has 0 aromatic heterocycles. The lowest BCUT2D eigenvalue weighted by Gasteiger charge is -2.23. The van der Waals surface area contributed by atoms with Crippen LogP contribution in [0.25, 0.3) is 10.4 Å². The predicted molar refractivity (Wildman–Crippen MR) is 83.8 cm³/mol. The smallest absolute Gasteiger partial charge is 0.0698 e. The number of rotatable bonds is 2. The molecular formula is C15H24Si2. The summed E-state index contributed by atoms with van der Waals surface area (Å²) < 4.78 is 0. The van der Waals surface area contributed by atoms with Gasteiger partial charge in [0.1, 0.15) is 0 Å². The summed E-state index contributed by atoms with van der Waals surface area (Å²) in [5, 5.41) is 6.68. The van der Waals surface area contributed by atoms with Gasteiger partial charge in [-0.15, -0.1) is 0 Å². The van der Waals surface area contributed by atoms with E-state index < -0.39 is 16.1 Å². The SMILES string of the molecule is C[Si](C)(C)C1=c2ccccc2=C([Si](C)(C)C)C1. The van der Waals surface area contributed by atoms with Crippen LogP contribution in [0.2, 0.25) is 39.3 Å². The number of hydrogen-bond acceptors (Lipinski definition) is 0. The minimum Gasteiger partial charge on any atom is -0.0698 e. The van der Waals surface area contributed by atoms with Crippen LogP contribution in [0.5, 0.6) is 0 Å². The Hall–Kier alpha value is -0.606. The maximum Gasteiger partial charge on any atom is 0.0736 e. The normalized spacial score (nSPS) is 16.4. The summed E-state index contributed by atoms with van der Waals surface area (Å²) in [6.45, 7) is 14.9. The second-order valence-electron chi connectivity index (χ2n) is 7.18. The third-order valence-electron chi connectivity index (χ3n) is 3.74. The van der Waals surface area contributed by atoms with E-state index in [1.165, 1.54) is 6.42 Å². The summed E-state index contributed by atoms with van der Waals surface area (Å²) in [5.74, 6) is 0. The first-order valence-electron chi connectivity index (χ1n) is 6.53. The van der Waals surface area contributed by atoms with E-state index in [1.807, 2.05) is 0 Å². The Morgan fingerprint density at radius 3 is 1.35 bits per heavy atom. The van der Waals surface area contributed by atoms with Crippen LogP contribution in [0.3, 0.4) is 0 Å². The Balaban J connectivity index is 2.80. The first kappa shape index (κ1) is 12.8. The molecule has 2 rings (SSSR count). The average molecular weight is 261 g/mol. The fraction of sp³-hybridized carbons (Fsp3) is 0.467. The summed E-state index contributed by atoms with van der Waals surface area (Å²) in [6.07, 6.45) is 1.27. The molecule has 0 amide bonds. The zero-order chi connectivity index (χ0) is 12.8. The van der Waals surface area contributed by atoms with Gasteiger partial charge >= 0.3 is 0 Å². The quantitative estimate of drug-likeness (QED) is 0.717. The van der Waals surface area contributed by atoms with Gasteiger partial charge in [-0.25, -0.2) is 0 Å². The Kier molecular flexibility index (Phi) is 2.99. The summed E-state index contributed by atoms with van der Waals surface area (Å²) >= 11 is 0. The molecular weight excluding hydrogens is 236 g/mol. The van der Waals surface area contributed by atoms with E-state index in [-0.39, 0.29) is 0 Å². The lowest BCUT2D eigenvalue weighted by atomic mass is 10.3. The van der Waals surface area contributed by atoms with E-state index in [1.54, 1.807) is 20.8 Å². The van der Waals surface area contributed by atoms with E-state index in [0.29, 0.717) is 0 Å². The Morgan fingerprint density at radius 2 is 1.06 bits per heavy atom. The molecule has 0 nitrogen and oxygen atoms in total. The molecule has 0 bridgehead atoms. The Bertz CT molecular complexity index is 503. The van der Waals surface area contributed by atoms with Crippen LogP contribution < -0.4 is 10.4 Å². The van der Waals surface area contributed by atoms with Crippen molar-refractivity contribution in [2.24, 2.45) is 0 Å². The number of hydrogen-bond donors (Lipinski definition) is 0. The van der Waals surface area contributed by atoms with Crippen LogP contribution >= 0.6 is 0 Å². The van der Waals surface area contributed by atoms with Gasteiger partial charge in [-0.3, -0.25) is 0 Å². The molecule has 1 aromatic rings. The summed E-state index contributed by atoms with van der Waals surface area (Å²) in [7, 11) is -2.36. The molecule has 1 aliphatic rings. The van der Waals surface area contributed by atoms with Crippen molar-refractivity contribution < 1.29 is 0 Å². The molecule has 0 saturated carbocycles. The van der Waals surface area contributed by atoms with E-state index in [0.717, 1.165) is 0 Å². The lowest BCUT2D eigenvalue weighted by Crippen LogP contribution is -2.33. The highest BCUT2D eigenvalue weighted by molar-refractivity contribution is 6.96. The number of fused-ring (bicyclic) bond motifs is 1. The van der Waals surface area contributed by atoms with E-state index >= 15 is 0 Å². The molecule has 0 unspecified atom stereocenters. The molecule has 1 aliphatic carbocycles. The predicted octanol–water partition coefficient (Wildman–Crippen LogP) is 3.15. The summed E-state index contributed by atoms with van der Waals surface area (Å²) in [4.78, 5) is 0. The van der Waals surface area contributed by atoms with Crippen molar-refractivity contribution in [2.45, 2.75) is 45.7 Å². The van der Waals surface area contributed by atoms with Crippen molar-refractivity contribution in [3.8, 4) is 0 Å². The van der Waals surface area contributed by atoms with Gasteiger partial charge in [0.25, 0.3) is 0 Å². The first-order valence-corrected chi connectivity index (χ1v) is 13.5. The van der Waals surface area contributed by atoms with E-state index in [4.69, 9.17) is 0 Å². The molecule has 0 aliphatic heterocycles. The number of benzene rings is 1. The molecule has 0 heterocycles. The van der Waals surface area contributed by atoms with Gasteiger partial charge in [-0.2, -0.15) is 0 Å². The second kappa shape index (κ2) is 3.96. The first-order chi connectivity index (χ1) is 7.71. The highest BCUT2D eigenvalue weighted by Crippen LogP contribution is 2.29. The molecule has 92 valence electrons. The van der Waals surface area contributed by atoms with Crippen LogP contribution in [0.15, 0.2) is 24.3 Å². The molecule has 0 spiro atoms. The van der Waals surface area contributed by atoms with Crippen molar-refractivity contribution in [3.63, 3.8) is 0 Å². The summed E-state index contributed by atoms with van der Waals surface area (Å²) in [6, 6.07) is 9.09. The zero-order valence-electron chi connectivity index (χ0n) is 12.0. The van der Waals surface area contributed by atoms with Crippen molar-refractivity contribution >= 4 is 26.5 Å². The van der Waals surface area contributed by atoms with Gasteiger partial charge in [0.05, 0.1) is 16.1 Å². The maximum atomic E-state index is 2.48. The minimum atomic E-state index is -1.18. The van der Waals surface area contributed by atoms with Gasteiger partial charge in [0.15, 0.2) is 0 Å². The minimum absolute atomic E-state index is 1.18.